The van der Waals surface area contributed by atoms with Crippen LogP contribution in [0.2, 0.25) is 0 Å². The molecule has 0 heterocycles. The number of anilines is 1. The van der Waals surface area contributed by atoms with Gasteiger partial charge in [-0.2, -0.15) is 0 Å². The quantitative estimate of drug-likeness (QED) is 0.0919. The molecule has 0 aromatic heterocycles. The lowest BCUT2D eigenvalue weighted by Crippen LogP contribution is -2.48. The van der Waals surface area contributed by atoms with E-state index in [1.807, 2.05) is 0 Å². The summed E-state index contributed by atoms with van der Waals surface area (Å²) in [5.41, 5.74) is 1.46. The zero-order valence-electron chi connectivity index (χ0n) is 23.8. The standard InChI is InChI=1S/C28H42N4O9/c1-3-4-5-6-25(35)30-22-9-7-21(8-10-22)14-23(29-15-26(36)37)16-31(18-27(38)39)11-12-32(19-28(40)41)17-24(34)13-20(2)33/h7-10,23,29H,3-6,11-19H2,1-2H3,(H,30,35)(H,36,37)(H,38,39)(H,40,41). The van der Waals surface area contributed by atoms with Crippen LogP contribution in [0.25, 0.3) is 0 Å². The summed E-state index contributed by atoms with van der Waals surface area (Å²) in [6.45, 7) is 2.09. The van der Waals surface area contributed by atoms with E-state index < -0.39 is 42.8 Å². The largest absolute Gasteiger partial charge is 0.480 e. The van der Waals surface area contributed by atoms with Crippen LogP contribution in [0.4, 0.5) is 5.69 Å². The summed E-state index contributed by atoms with van der Waals surface area (Å²) >= 11 is 0. The van der Waals surface area contributed by atoms with Crippen LogP contribution >= 0.6 is 0 Å². The second-order valence-corrected chi connectivity index (χ2v) is 10.0. The molecule has 13 nitrogen and oxygen atoms in total. The predicted octanol–water partition coefficient (Wildman–Crippen LogP) is 1.11. The van der Waals surface area contributed by atoms with Crippen molar-refractivity contribution in [1.29, 1.82) is 0 Å². The Labute approximate surface area is 239 Å². The molecule has 0 spiro atoms. The Kier molecular flexibility index (Phi) is 16.7. The van der Waals surface area contributed by atoms with Crippen molar-refractivity contribution in [2.24, 2.45) is 0 Å². The fourth-order valence-corrected chi connectivity index (χ4v) is 4.21. The molecule has 41 heavy (non-hydrogen) atoms. The molecule has 0 aliphatic heterocycles. The third-order valence-electron chi connectivity index (χ3n) is 6.04. The number of Topliss-reactive ketones (excluding diaryl/α,β-unsaturated/α-hetero) is 2. The molecule has 1 amide bonds. The van der Waals surface area contributed by atoms with Crippen LogP contribution in [-0.4, -0.2) is 112 Å². The second-order valence-electron chi connectivity index (χ2n) is 10.0. The first-order valence-corrected chi connectivity index (χ1v) is 13.6. The lowest BCUT2D eigenvalue weighted by molar-refractivity contribution is -0.140. The molecular weight excluding hydrogens is 536 g/mol. The molecule has 13 heteroatoms. The molecule has 1 aromatic rings. The number of hydrogen-bond donors (Lipinski definition) is 5. The van der Waals surface area contributed by atoms with Gasteiger partial charge in [-0.15, -0.1) is 0 Å². The number of carbonyl (C=O) groups excluding carboxylic acids is 3. The minimum atomic E-state index is -1.17. The van der Waals surface area contributed by atoms with Gasteiger partial charge in [0.2, 0.25) is 5.91 Å². The van der Waals surface area contributed by atoms with Gasteiger partial charge in [0.1, 0.15) is 5.78 Å². The molecule has 0 saturated heterocycles. The summed E-state index contributed by atoms with van der Waals surface area (Å²) in [5, 5.41) is 33.6. The van der Waals surface area contributed by atoms with E-state index in [1.165, 1.54) is 16.7 Å². The fraction of sp³-hybridized carbons (Fsp3) is 0.571. The zero-order valence-corrected chi connectivity index (χ0v) is 23.8. The topological polar surface area (TPSA) is 194 Å². The Morgan fingerprint density at radius 3 is 2.00 bits per heavy atom. The first-order valence-electron chi connectivity index (χ1n) is 13.6. The monoisotopic (exact) mass is 578 g/mol. The van der Waals surface area contributed by atoms with Gasteiger partial charge < -0.3 is 26.0 Å². The SMILES string of the molecule is CCCCCC(=O)Nc1ccc(CC(CN(CCN(CC(=O)O)CC(=O)CC(C)=O)CC(=O)O)NCC(=O)O)cc1. The smallest absolute Gasteiger partial charge is 0.317 e. The van der Waals surface area contributed by atoms with Gasteiger partial charge in [0.15, 0.2) is 5.78 Å². The summed E-state index contributed by atoms with van der Waals surface area (Å²) in [7, 11) is 0. The van der Waals surface area contributed by atoms with Gasteiger partial charge in [0, 0.05) is 37.8 Å². The first-order chi connectivity index (χ1) is 19.4. The highest BCUT2D eigenvalue weighted by atomic mass is 16.4. The van der Waals surface area contributed by atoms with Crippen molar-refractivity contribution in [3.63, 3.8) is 0 Å². The maximum atomic E-state index is 12.1. The Morgan fingerprint density at radius 1 is 0.829 bits per heavy atom. The molecule has 5 N–H and O–H groups in total. The summed E-state index contributed by atoms with van der Waals surface area (Å²) in [5.74, 6) is -4.24. The summed E-state index contributed by atoms with van der Waals surface area (Å²) < 4.78 is 0. The van der Waals surface area contributed by atoms with E-state index in [0.29, 0.717) is 18.5 Å². The first kappa shape index (κ1) is 35.3. The minimum absolute atomic E-state index is 0.0432. The molecule has 1 aromatic carbocycles. The average Bonchev–Trinajstić information content (AvgIpc) is 2.85. The van der Waals surface area contributed by atoms with E-state index in [9.17, 15) is 44.1 Å². The van der Waals surface area contributed by atoms with Gasteiger partial charge in [-0.05, 0) is 37.5 Å². The van der Waals surface area contributed by atoms with Gasteiger partial charge >= 0.3 is 17.9 Å². The number of carboxylic acid groups (broad SMARTS) is 3. The number of rotatable bonds is 23. The van der Waals surface area contributed by atoms with Crippen LogP contribution in [0.1, 0.15) is 51.5 Å². The minimum Gasteiger partial charge on any atom is -0.480 e. The Hall–Kier alpha value is -3.68. The van der Waals surface area contributed by atoms with Crippen LogP contribution in [-0.2, 0) is 35.2 Å². The number of carboxylic acids is 3. The number of ketones is 2. The number of aliphatic carboxylic acids is 3. The van der Waals surface area contributed by atoms with Gasteiger partial charge in [-0.1, -0.05) is 31.9 Å². The molecule has 0 radical (unpaired) electrons. The van der Waals surface area contributed by atoms with Crippen LogP contribution in [0, 0.1) is 0 Å². The van der Waals surface area contributed by atoms with Crippen LogP contribution < -0.4 is 10.6 Å². The Morgan fingerprint density at radius 2 is 1.44 bits per heavy atom. The van der Waals surface area contributed by atoms with E-state index in [1.54, 1.807) is 24.3 Å². The molecule has 1 atom stereocenters. The van der Waals surface area contributed by atoms with Crippen molar-refractivity contribution >= 4 is 41.1 Å². The van der Waals surface area contributed by atoms with E-state index in [4.69, 9.17) is 0 Å². The third-order valence-corrected chi connectivity index (χ3v) is 6.04. The normalized spacial score (nSPS) is 11.8. The number of hydrogen-bond acceptors (Lipinski definition) is 9. The summed E-state index contributed by atoms with van der Waals surface area (Å²) in [6, 6.07) is 6.62. The summed E-state index contributed by atoms with van der Waals surface area (Å²) in [4.78, 5) is 72.4. The highest BCUT2D eigenvalue weighted by molar-refractivity contribution is 5.99. The second kappa shape index (κ2) is 19.4. The van der Waals surface area contributed by atoms with E-state index in [0.717, 1.165) is 24.8 Å². The number of amides is 1. The van der Waals surface area contributed by atoms with Gasteiger partial charge in [0.05, 0.1) is 32.6 Å². The van der Waals surface area contributed by atoms with E-state index in [2.05, 4.69) is 17.6 Å². The van der Waals surface area contributed by atoms with E-state index in [-0.39, 0.29) is 50.8 Å². The molecule has 0 aliphatic rings. The molecule has 0 fully saturated rings. The molecule has 228 valence electrons. The van der Waals surface area contributed by atoms with Crippen LogP contribution in [0.15, 0.2) is 24.3 Å². The Balaban J connectivity index is 2.93. The highest BCUT2D eigenvalue weighted by Gasteiger charge is 2.21. The predicted molar refractivity (Wildman–Crippen MR) is 151 cm³/mol. The van der Waals surface area contributed by atoms with Crippen molar-refractivity contribution in [2.45, 2.75) is 58.4 Å². The highest BCUT2D eigenvalue weighted by Crippen LogP contribution is 2.13. The number of nitrogens with one attached hydrogen (secondary N) is 2. The van der Waals surface area contributed by atoms with Crippen LogP contribution in [0.3, 0.4) is 0 Å². The molecule has 1 rings (SSSR count). The maximum Gasteiger partial charge on any atom is 0.317 e. The number of carbonyl (C=O) groups is 6. The number of benzene rings is 1. The maximum absolute atomic E-state index is 12.1. The average molecular weight is 579 g/mol. The molecule has 0 bridgehead atoms. The number of unbranched alkanes of at least 4 members (excludes halogenated alkanes) is 2. The van der Waals surface area contributed by atoms with Crippen molar-refractivity contribution in [3.05, 3.63) is 29.8 Å². The lowest BCUT2D eigenvalue weighted by atomic mass is 10.0. The van der Waals surface area contributed by atoms with Gasteiger partial charge in [-0.3, -0.25) is 38.6 Å². The van der Waals surface area contributed by atoms with Gasteiger partial charge in [0.25, 0.3) is 0 Å². The van der Waals surface area contributed by atoms with Crippen molar-refractivity contribution < 1.29 is 44.1 Å². The zero-order chi connectivity index (χ0) is 30.8. The summed E-state index contributed by atoms with van der Waals surface area (Å²) in [6.07, 6.45) is 3.27. The number of nitrogens with zero attached hydrogens (tertiary/aromatic N) is 2. The van der Waals surface area contributed by atoms with Crippen LogP contribution in [0.5, 0.6) is 0 Å². The van der Waals surface area contributed by atoms with Crippen molar-refractivity contribution in [3.8, 4) is 0 Å². The van der Waals surface area contributed by atoms with Crippen molar-refractivity contribution in [2.75, 3.05) is 51.1 Å². The Bertz CT molecular complexity index is 1030. The lowest BCUT2D eigenvalue weighted by Gasteiger charge is -2.29. The van der Waals surface area contributed by atoms with Crippen molar-refractivity contribution in [1.82, 2.24) is 15.1 Å². The molecule has 0 saturated carbocycles. The van der Waals surface area contributed by atoms with Gasteiger partial charge in [-0.25, -0.2) is 0 Å². The molecular formula is C28H42N4O9. The molecule has 0 aliphatic carbocycles. The third kappa shape index (κ3) is 17.6. The molecule has 1 unspecified atom stereocenters. The van der Waals surface area contributed by atoms with E-state index >= 15 is 0 Å². The fourth-order valence-electron chi connectivity index (χ4n) is 4.21.